The molecule has 0 saturated carbocycles. The molecule has 2 N–H and O–H groups in total. The summed E-state index contributed by atoms with van der Waals surface area (Å²) in [4.78, 5) is 4.21. The number of hydrogen-bond acceptors (Lipinski definition) is 3. The highest BCUT2D eigenvalue weighted by atomic mass is 35.5. The van der Waals surface area contributed by atoms with E-state index in [1.54, 1.807) is 6.20 Å². The molecule has 0 saturated heterocycles. The van der Waals surface area contributed by atoms with E-state index in [1.165, 1.54) is 0 Å². The fraction of sp³-hybridized carbons (Fsp3) is 0.615. The van der Waals surface area contributed by atoms with Gasteiger partial charge in [-0.25, -0.2) is 0 Å². The van der Waals surface area contributed by atoms with Crippen LogP contribution in [0.25, 0.3) is 0 Å². The lowest BCUT2D eigenvalue weighted by Crippen LogP contribution is -2.41. The van der Waals surface area contributed by atoms with Crippen molar-refractivity contribution in [3.8, 4) is 0 Å². The molecule has 0 aliphatic heterocycles. The minimum Gasteiger partial charge on any atom is -0.379 e. The van der Waals surface area contributed by atoms with Crippen LogP contribution in [0.1, 0.15) is 19.0 Å². The molecule has 1 heterocycles. The lowest BCUT2D eigenvalue weighted by molar-refractivity contribution is 0.131. The summed E-state index contributed by atoms with van der Waals surface area (Å²) in [5.41, 5.74) is 6.92. The highest BCUT2D eigenvalue weighted by Crippen LogP contribution is 2.13. The maximum Gasteiger partial charge on any atom is 0.0734 e. The molecule has 0 bridgehead atoms. The highest BCUT2D eigenvalue weighted by molar-refractivity contribution is 6.24. The topological polar surface area (TPSA) is 48.1 Å². The van der Waals surface area contributed by atoms with Crippen LogP contribution in [0, 0.1) is 0 Å². The fourth-order valence-electron chi connectivity index (χ4n) is 1.53. The van der Waals surface area contributed by atoms with Crippen molar-refractivity contribution >= 4 is 23.2 Å². The summed E-state index contributed by atoms with van der Waals surface area (Å²) in [6.07, 6.45) is 3.35. The van der Waals surface area contributed by atoms with Gasteiger partial charge in [0.05, 0.1) is 18.6 Å². The van der Waals surface area contributed by atoms with Gasteiger partial charge >= 0.3 is 0 Å². The van der Waals surface area contributed by atoms with E-state index in [9.17, 15) is 0 Å². The van der Waals surface area contributed by atoms with E-state index >= 15 is 0 Å². The van der Waals surface area contributed by atoms with Crippen LogP contribution in [0.3, 0.4) is 0 Å². The van der Waals surface area contributed by atoms with Crippen molar-refractivity contribution in [3.05, 3.63) is 30.1 Å². The first-order valence-corrected chi connectivity index (χ1v) is 7.03. The van der Waals surface area contributed by atoms with Gasteiger partial charge in [-0.3, -0.25) is 4.98 Å². The third-order valence-electron chi connectivity index (χ3n) is 2.73. The number of nitrogens with two attached hydrogens (primary N) is 1. The van der Waals surface area contributed by atoms with Gasteiger partial charge in [0.2, 0.25) is 0 Å². The molecule has 3 nitrogen and oxygen atoms in total. The van der Waals surface area contributed by atoms with Gasteiger partial charge in [-0.05, 0) is 18.6 Å². The molecule has 0 radical (unpaired) electrons. The Hall–Kier alpha value is -0.350. The first kappa shape index (κ1) is 15.7. The van der Waals surface area contributed by atoms with Crippen molar-refractivity contribution < 1.29 is 4.74 Å². The summed E-state index contributed by atoms with van der Waals surface area (Å²) in [5.74, 6) is 0. The number of aromatic nitrogens is 1. The number of hydrogen-bond donors (Lipinski definition) is 1. The van der Waals surface area contributed by atoms with E-state index < -0.39 is 0 Å². The van der Waals surface area contributed by atoms with Gasteiger partial charge in [-0.1, -0.05) is 13.0 Å². The Balaban J connectivity index is 2.18. The number of ether oxygens (including phenoxy) is 1. The van der Waals surface area contributed by atoms with Gasteiger partial charge in [-0.15, -0.1) is 23.2 Å². The van der Waals surface area contributed by atoms with Crippen LogP contribution < -0.4 is 5.73 Å². The zero-order valence-electron chi connectivity index (χ0n) is 10.6. The van der Waals surface area contributed by atoms with Gasteiger partial charge in [0.25, 0.3) is 0 Å². The highest BCUT2D eigenvalue weighted by Gasteiger charge is 2.21. The van der Waals surface area contributed by atoms with Crippen molar-refractivity contribution in [2.24, 2.45) is 5.73 Å². The first-order valence-electron chi connectivity index (χ1n) is 6.16. The van der Waals surface area contributed by atoms with Crippen LogP contribution in [-0.4, -0.2) is 35.0 Å². The van der Waals surface area contributed by atoms with Crippen LogP contribution in [-0.2, 0) is 11.2 Å². The average molecular weight is 291 g/mol. The minimum atomic E-state index is -0.254. The third-order valence-corrected chi connectivity index (χ3v) is 3.75. The van der Waals surface area contributed by atoms with Crippen LogP contribution in [0.5, 0.6) is 0 Å². The van der Waals surface area contributed by atoms with Crippen molar-refractivity contribution in [3.63, 3.8) is 0 Å². The van der Waals surface area contributed by atoms with Gasteiger partial charge in [0.1, 0.15) is 0 Å². The molecule has 3 atom stereocenters. The van der Waals surface area contributed by atoms with Crippen LogP contribution in [0.15, 0.2) is 24.4 Å². The molecule has 5 heteroatoms. The zero-order chi connectivity index (χ0) is 13.4. The molecule has 102 valence electrons. The largest absolute Gasteiger partial charge is 0.379 e. The first-order chi connectivity index (χ1) is 8.65. The van der Waals surface area contributed by atoms with E-state index in [2.05, 4.69) is 4.98 Å². The molecular formula is C13H20Cl2N2O. The van der Waals surface area contributed by atoms with E-state index in [0.717, 1.165) is 18.5 Å². The second-order valence-corrected chi connectivity index (χ2v) is 5.28. The Kier molecular flexibility index (Phi) is 7.59. The second kappa shape index (κ2) is 8.70. The van der Waals surface area contributed by atoms with Gasteiger partial charge in [0, 0.05) is 29.7 Å². The van der Waals surface area contributed by atoms with Crippen LogP contribution in [0.4, 0.5) is 0 Å². The molecule has 3 unspecified atom stereocenters. The van der Waals surface area contributed by atoms with E-state index in [-0.39, 0.29) is 16.8 Å². The molecule has 1 rings (SSSR count). The monoisotopic (exact) mass is 290 g/mol. The molecule has 1 aromatic rings. The lowest BCUT2D eigenvalue weighted by atomic mass is 10.1. The van der Waals surface area contributed by atoms with Gasteiger partial charge in [-0.2, -0.15) is 0 Å². The summed E-state index contributed by atoms with van der Waals surface area (Å²) in [7, 11) is 0. The third kappa shape index (κ3) is 5.53. The van der Waals surface area contributed by atoms with Crippen molar-refractivity contribution in [2.45, 2.75) is 36.6 Å². The minimum absolute atomic E-state index is 0.105. The van der Waals surface area contributed by atoms with Crippen LogP contribution >= 0.6 is 23.2 Å². The molecule has 0 fully saturated rings. The Morgan fingerprint density at radius 2 is 2.11 bits per heavy atom. The maximum absolute atomic E-state index is 6.14. The molecule has 0 aliphatic carbocycles. The van der Waals surface area contributed by atoms with Gasteiger partial charge in [0.15, 0.2) is 0 Å². The molecule has 0 spiro atoms. The molecule has 1 aromatic heterocycles. The summed E-state index contributed by atoms with van der Waals surface area (Å²) in [5, 5.41) is -0.358. The summed E-state index contributed by atoms with van der Waals surface area (Å²) in [6.45, 7) is 2.99. The summed E-state index contributed by atoms with van der Waals surface area (Å²) in [6, 6.07) is 5.58. The van der Waals surface area contributed by atoms with E-state index in [4.69, 9.17) is 33.7 Å². The van der Waals surface area contributed by atoms with Crippen molar-refractivity contribution in [1.82, 2.24) is 4.98 Å². The number of pyridine rings is 1. The molecule has 0 aromatic carbocycles. The molecule has 0 aliphatic rings. The smallest absolute Gasteiger partial charge is 0.0734 e. The number of halogens is 2. The van der Waals surface area contributed by atoms with Crippen molar-refractivity contribution in [2.75, 3.05) is 13.2 Å². The summed E-state index contributed by atoms with van der Waals surface area (Å²) >= 11 is 12.2. The average Bonchev–Trinajstić information content (AvgIpc) is 2.42. The number of rotatable bonds is 8. The normalized spacial score (nSPS) is 16.2. The number of alkyl halides is 2. The predicted molar refractivity (Wildman–Crippen MR) is 76.3 cm³/mol. The molecule has 18 heavy (non-hydrogen) atoms. The molecular weight excluding hydrogens is 271 g/mol. The maximum atomic E-state index is 6.14. The fourth-order valence-corrected chi connectivity index (χ4v) is 2.04. The zero-order valence-corrected chi connectivity index (χ0v) is 12.1. The summed E-state index contributed by atoms with van der Waals surface area (Å²) < 4.78 is 5.50. The Morgan fingerprint density at radius 3 is 2.72 bits per heavy atom. The lowest BCUT2D eigenvalue weighted by Gasteiger charge is -2.21. The van der Waals surface area contributed by atoms with E-state index in [0.29, 0.717) is 13.2 Å². The predicted octanol–water partition coefficient (Wildman–Crippen LogP) is 2.59. The Morgan fingerprint density at radius 1 is 1.33 bits per heavy atom. The molecule has 0 amide bonds. The quantitative estimate of drug-likeness (QED) is 0.591. The van der Waals surface area contributed by atoms with Gasteiger partial charge < -0.3 is 10.5 Å². The standard InChI is InChI=1S/C13H20Cl2N2O/c1-2-11(14)13(16)12(15)9-18-8-6-10-5-3-4-7-17-10/h3-5,7,11-13H,2,6,8-9,16H2,1H3. The van der Waals surface area contributed by atoms with Crippen LogP contribution in [0.2, 0.25) is 0 Å². The Labute approximate surface area is 119 Å². The Bertz CT molecular complexity index is 324. The second-order valence-electron chi connectivity index (χ2n) is 4.16. The SMILES string of the molecule is CCC(Cl)C(N)C(Cl)COCCc1ccccn1. The van der Waals surface area contributed by atoms with E-state index in [1.807, 2.05) is 25.1 Å². The number of nitrogens with zero attached hydrogens (tertiary/aromatic N) is 1. The van der Waals surface area contributed by atoms with Crippen molar-refractivity contribution in [1.29, 1.82) is 0 Å².